The highest BCUT2D eigenvalue weighted by molar-refractivity contribution is 7.89. The molecule has 0 aliphatic rings. The number of aryl methyl sites for hydroxylation is 2. The van der Waals surface area contributed by atoms with Gasteiger partial charge in [-0.25, -0.2) is 26.3 Å². The molecule has 0 saturated heterocycles. The van der Waals surface area contributed by atoms with Crippen LogP contribution in [0.2, 0.25) is 0 Å². The topological polar surface area (TPSA) is 113 Å². The first kappa shape index (κ1) is 28.5. The molecule has 34 heavy (non-hydrogen) atoms. The van der Waals surface area contributed by atoms with Crippen molar-refractivity contribution in [3.8, 4) is 0 Å². The summed E-state index contributed by atoms with van der Waals surface area (Å²) in [6.07, 6.45) is -0.100. The Hall–Kier alpha value is -1.78. The molecule has 190 valence electrons. The van der Waals surface area contributed by atoms with Crippen LogP contribution < -0.4 is 9.44 Å². The molecule has 9 heteroatoms. The highest BCUT2D eigenvalue weighted by Crippen LogP contribution is 2.24. The van der Waals surface area contributed by atoms with E-state index in [9.17, 15) is 21.9 Å². The molecule has 0 fully saturated rings. The van der Waals surface area contributed by atoms with Crippen molar-refractivity contribution in [3.63, 3.8) is 0 Å². The van der Waals surface area contributed by atoms with Crippen molar-refractivity contribution in [3.05, 3.63) is 59.7 Å². The fourth-order valence-electron chi connectivity index (χ4n) is 3.71. The van der Waals surface area contributed by atoms with E-state index in [4.69, 9.17) is 0 Å². The van der Waals surface area contributed by atoms with Crippen LogP contribution in [0.25, 0.3) is 0 Å². The summed E-state index contributed by atoms with van der Waals surface area (Å²) < 4.78 is 57.8. The van der Waals surface area contributed by atoms with E-state index in [-0.39, 0.29) is 21.6 Å². The summed E-state index contributed by atoms with van der Waals surface area (Å²) in [7, 11) is -7.86. The minimum Gasteiger partial charge on any atom is -0.390 e. The van der Waals surface area contributed by atoms with Crippen molar-refractivity contribution in [2.24, 2.45) is 11.8 Å². The summed E-state index contributed by atoms with van der Waals surface area (Å²) in [5.41, 5.74) is 1.86. The van der Waals surface area contributed by atoms with E-state index in [2.05, 4.69) is 9.44 Å². The van der Waals surface area contributed by atoms with E-state index in [1.54, 1.807) is 24.3 Å². The third-order valence-electron chi connectivity index (χ3n) is 6.49. The van der Waals surface area contributed by atoms with Gasteiger partial charge in [0.25, 0.3) is 0 Å². The third kappa shape index (κ3) is 7.11. The van der Waals surface area contributed by atoms with Crippen molar-refractivity contribution in [1.82, 2.24) is 9.44 Å². The van der Waals surface area contributed by atoms with Crippen molar-refractivity contribution in [1.29, 1.82) is 0 Å². The molecule has 5 atom stereocenters. The van der Waals surface area contributed by atoms with Crippen LogP contribution in [0.4, 0.5) is 0 Å². The van der Waals surface area contributed by atoms with Crippen molar-refractivity contribution in [2.75, 3.05) is 0 Å². The second-order valence-electron chi connectivity index (χ2n) is 9.18. The van der Waals surface area contributed by atoms with Gasteiger partial charge in [-0.05, 0) is 49.9 Å². The van der Waals surface area contributed by atoms with Crippen LogP contribution in [0.15, 0.2) is 58.3 Å². The van der Waals surface area contributed by atoms with Gasteiger partial charge in [-0.3, -0.25) is 0 Å². The first-order valence-corrected chi connectivity index (χ1v) is 14.6. The van der Waals surface area contributed by atoms with Crippen molar-refractivity contribution >= 4 is 20.0 Å². The lowest BCUT2D eigenvalue weighted by Gasteiger charge is -2.36. The zero-order valence-corrected chi connectivity index (χ0v) is 22.4. The van der Waals surface area contributed by atoms with Crippen LogP contribution in [-0.2, 0) is 20.0 Å². The quantitative estimate of drug-likeness (QED) is 0.403. The Kier molecular flexibility index (Phi) is 9.85. The predicted molar refractivity (Wildman–Crippen MR) is 135 cm³/mol. The van der Waals surface area contributed by atoms with E-state index in [1.807, 2.05) is 41.5 Å². The Morgan fingerprint density at radius 2 is 0.971 bits per heavy atom. The molecule has 1 unspecified atom stereocenters. The second kappa shape index (κ2) is 11.8. The zero-order chi connectivity index (χ0) is 25.7. The molecule has 0 spiro atoms. The number of hydrogen-bond acceptors (Lipinski definition) is 5. The molecule has 0 amide bonds. The van der Waals surface area contributed by atoms with Crippen molar-refractivity contribution in [2.45, 2.75) is 82.4 Å². The predicted octanol–water partition coefficient (Wildman–Crippen LogP) is 3.75. The van der Waals surface area contributed by atoms with Gasteiger partial charge in [-0.1, -0.05) is 75.9 Å². The van der Waals surface area contributed by atoms with Gasteiger partial charge in [0.2, 0.25) is 20.0 Å². The van der Waals surface area contributed by atoms with Crippen LogP contribution in [0.5, 0.6) is 0 Å². The highest BCUT2D eigenvalue weighted by atomic mass is 32.2. The Morgan fingerprint density at radius 1 is 0.676 bits per heavy atom. The summed E-state index contributed by atoms with van der Waals surface area (Å²) in [5, 5.41) is 11.4. The smallest absolute Gasteiger partial charge is 0.240 e. The van der Waals surface area contributed by atoms with Crippen LogP contribution in [0.3, 0.4) is 0 Å². The van der Waals surface area contributed by atoms with Gasteiger partial charge in [0, 0.05) is 0 Å². The molecule has 0 heterocycles. The van der Waals surface area contributed by atoms with Gasteiger partial charge in [-0.15, -0.1) is 0 Å². The Bertz CT molecular complexity index is 1040. The fourth-order valence-corrected chi connectivity index (χ4v) is 6.43. The summed E-state index contributed by atoms with van der Waals surface area (Å²) in [4.78, 5) is 0.192. The molecule has 2 aromatic carbocycles. The SMILES string of the molecule is CC[C@@H](C)[C@H](NS(=O)(=O)c1ccc(C)cc1)C(O)[C@@H](NS(=O)(=O)c1ccc(C)cc1)[C@@H](C)CC. The number of nitrogens with one attached hydrogen (secondary N) is 2. The van der Waals surface area contributed by atoms with E-state index >= 15 is 0 Å². The molecule has 7 nitrogen and oxygen atoms in total. The molecule has 0 saturated carbocycles. The number of rotatable bonds is 12. The lowest BCUT2D eigenvalue weighted by molar-refractivity contribution is 0.0619. The molecule has 0 bridgehead atoms. The van der Waals surface area contributed by atoms with Gasteiger partial charge >= 0.3 is 0 Å². The Labute approximate surface area is 205 Å². The van der Waals surface area contributed by atoms with Gasteiger partial charge < -0.3 is 5.11 Å². The molecule has 2 rings (SSSR count). The van der Waals surface area contributed by atoms with Crippen molar-refractivity contribution < 1.29 is 21.9 Å². The second-order valence-corrected chi connectivity index (χ2v) is 12.6. The summed E-state index contributed by atoms with van der Waals surface area (Å²) in [5.74, 6) is -0.490. The van der Waals surface area contributed by atoms with Crippen LogP contribution in [0, 0.1) is 25.7 Å². The highest BCUT2D eigenvalue weighted by Gasteiger charge is 2.38. The normalized spacial score (nSPS) is 17.0. The van der Waals surface area contributed by atoms with Gasteiger partial charge in [0.05, 0.1) is 28.0 Å². The maximum Gasteiger partial charge on any atom is 0.240 e. The molecule has 0 aliphatic heterocycles. The van der Waals surface area contributed by atoms with Crippen LogP contribution in [-0.4, -0.2) is 40.1 Å². The number of aliphatic hydroxyl groups is 1. The Balaban J connectivity index is 2.41. The standard InChI is InChI=1S/C25H38N2O5S2/c1-7-19(5)23(26-33(29,30)21-13-9-17(3)10-14-21)25(28)24(20(6)8-2)27-34(31,32)22-15-11-18(4)12-16-22/h9-16,19-20,23-28H,7-8H2,1-6H3/t19-,20+,23-,24-,25?/m0/s1. The Morgan fingerprint density at radius 3 is 1.24 bits per heavy atom. The van der Waals surface area contributed by atoms with E-state index in [1.165, 1.54) is 24.3 Å². The van der Waals surface area contributed by atoms with E-state index in [0.29, 0.717) is 12.8 Å². The van der Waals surface area contributed by atoms with E-state index < -0.39 is 38.2 Å². The monoisotopic (exact) mass is 510 g/mol. The lowest BCUT2D eigenvalue weighted by Crippen LogP contribution is -2.58. The fraction of sp³-hybridized carbons (Fsp3) is 0.520. The molecule has 2 aromatic rings. The molecular weight excluding hydrogens is 472 g/mol. The number of benzene rings is 2. The largest absolute Gasteiger partial charge is 0.390 e. The minimum absolute atomic E-state index is 0.0962. The maximum absolute atomic E-state index is 13.1. The minimum atomic E-state index is -3.93. The number of aliphatic hydroxyl groups excluding tert-OH is 1. The van der Waals surface area contributed by atoms with Gasteiger partial charge in [-0.2, -0.15) is 0 Å². The van der Waals surface area contributed by atoms with Crippen LogP contribution >= 0.6 is 0 Å². The first-order valence-electron chi connectivity index (χ1n) is 11.7. The molecule has 0 radical (unpaired) electrons. The van der Waals surface area contributed by atoms with E-state index in [0.717, 1.165) is 11.1 Å². The molecule has 0 aromatic heterocycles. The van der Waals surface area contributed by atoms with Gasteiger partial charge in [0.1, 0.15) is 0 Å². The summed E-state index contributed by atoms with van der Waals surface area (Å²) in [6.45, 7) is 11.2. The molecule has 0 aliphatic carbocycles. The molecular formula is C25H38N2O5S2. The number of hydrogen-bond donors (Lipinski definition) is 3. The first-order chi connectivity index (χ1) is 15.8. The molecule has 3 N–H and O–H groups in total. The lowest BCUT2D eigenvalue weighted by atomic mass is 9.86. The zero-order valence-electron chi connectivity index (χ0n) is 20.8. The average Bonchev–Trinajstić information content (AvgIpc) is 2.80. The number of sulfonamides is 2. The average molecular weight is 511 g/mol. The van der Waals surface area contributed by atoms with Gasteiger partial charge in [0.15, 0.2) is 0 Å². The maximum atomic E-state index is 13.1. The summed E-state index contributed by atoms with van der Waals surface area (Å²) in [6, 6.07) is 11.1. The summed E-state index contributed by atoms with van der Waals surface area (Å²) >= 11 is 0. The third-order valence-corrected chi connectivity index (χ3v) is 9.45. The van der Waals surface area contributed by atoms with Crippen LogP contribution in [0.1, 0.15) is 51.7 Å².